The van der Waals surface area contributed by atoms with Crippen molar-refractivity contribution in [2.75, 3.05) is 18.1 Å². The van der Waals surface area contributed by atoms with Crippen molar-refractivity contribution in [1.82, 2.24) is 0 Å². The molecule has 104 valence electrons. The molecule has 1 aromatic carbocycles. The number of para-hydroxylation sites is 1. The summed E-state index contributed by atoms with van der Waals surface area (Å²) in [4.78, 5) is 14.7. The summed E-state index contributed by atoms with van der Waals surface area (Å²) in [6.45, 7) is 3.01. The molecule has 2 atom stereocenters. The van der Waals surface area contributed by atoms with Crippen LogP contribution >= 0.6 is 0 Å². The second-order valence-electron chi connectivity index (χ2n) is 5.46. The topological polar surface area (TPSA) is 53.3 Å². The quantitative estimate of drug-likeness (QED) is 0.774. The van der Waals surface area contributed by atoms with Crippen LogP contribution < -0.4 is 4.90 Å². The van der Waals surface area contributed by atoms with Gasteiger partial charge in [0.2, 0.25) is 0 Å². The van der Waals surface area contributed by atoms with Crippen molar-refractivity contribution in [1.29, 1.82) is 5.26 Å². The highest BCUT2D eigenvalue weighted by Gasteiger charge is 2.54. The van der Waals surface area contributed by atoms with Crippen LogP contribution in [0.3, 0.4) is 0 Å². The lowest BCUT2D eigenvalue weighted by Crippen LogP contribution is -2.53. The fourth-order valence-electron chi connectivity index (χ4n) is 3.55. The van der Waals surface area contributed by atoms with E-state index in [1.807, 2.05) is 18.2 Å². The summed E-state index contributed by atoms with van der Waals surface area (Å²) in [6, 6.07) is 10.3. The van der Waals surface area contributed by atoms with E-state index in [1.54, 1.807) is 6.92 Å². The predicted molar refractivity (Wildman–Crippen MR) is 75.2 cm³/mol. The molecule has 1 saturated heterocycles. The van der Waals surface area contributed by atoms with E-state index in [2.05, 4.69) is 17.0 Å². The first-order chi connectivity index (χ1) is 9.73. The molecule has 0 saturated carbocycles. The Balaban J connectivity index is 2.09. The first-order valence-corrected chi connectivity index (χ1v) is 7.16. The zero-order valence-electron chi connectivity index (χ0n) is 11.6. The van der Waals surface area contributed by atoms with Crippen LogP contribution in [0.5, 0.6) is 0 Å². The van der Waals surface area contributed by atoms with Crippen molar-refractivity contribution in [3.05, 3.63) is 29.8 Å². The van der Waals surface area contributed by atoms with Crippen LogP contribution in [-0.4, -0.2) is 25.2 Å². The normalized spacial score (nSPS) is 27.4. The first-order valence-electron chi connectivity index (χ1n) is 7.16. The summed E-state index contributed by atoms with van der Waals surface area (Å²) in [6.07, 6.45) is 2.35. The zero-order chi connectivity index (χ0) is 14.2. The van der Waals surface area contributed by atoms with E-state index in [1.165, 1.54) is 5.69 Å². The minimum atomic E-state index is -1.05. The van der Waals surface area contributed by atoms with E-state index in [0.29, 0.717) is 13.0 Å². The second kappa shape index (κ2) is 4.82. The molecule has 0 amide bonds. The Morgan fingerprint density at radius 3 is 3.10 bits per heavy atom. The molecule has 1 aromatic rings. The monoisotopic (exact) mass is 270 g/mol. The van der Waals surface area contributed by atoms with Gasteiger partial charge in [0.05, 0.1) is 18.7 Å². The molecular weight excluding hydrogens is 252 g/mol. The fourth-order valence-corrected chi connectivity index (χ4v) is 3.55. The molecule has 0 N–H and O–H groups in total. The van der Waals surface area contributed by atoms with Gasteiger partial charge in [0.1, 0.15) is 0 Å². The average Bonchev–Trinajstić information content (AvgIpc) is 2.96. The molecule has 0 bridgehead atoms. The smallest absolute Gasteiger partial charge is 0.328 e. The highest BCUT2D eigenvalue weighted by molar-refractivity contribution is 5.84. The lowest BCUT2D eigenvalue weighted by atomic mass is 9.72. The number of benzene rings is 1. The lowest BCUT2D eigenvalue weighted by molar-refractivity contribution is -0.153. The molecule has 0 unspecified atom stereocenters. The molecular formula is C16H18N2O2. The molecule has 4 nitrogen and oxygen atoms in total. The van der Waals surface area contributed by atoms with Crippen LogP contribution in [0.2, 0.25) is 0 Å². The molecule has 3 rings (SSSR count). The van der Waals surface area contributed by atoms with Crippen LogP contribution in [0.25, 0.3) is 0 Å². The third kappa shape index (κ3) is 1.70. The molecule has 2 aliphatic heterocycles. The Morgan fingerprint density at radius 1 is 1.55 bits per heavy atom. The maximum Gasteiger partial charge on any atom is 0.328 e. The first kappa shape index (κ1) is 13.0. The van der Waals surface area contributed by atoms with Crippen LogP contribution in [0, 0.1) is 16.7 Å². The van der Waals surface area contributed by atoms with Crippen LogP contribution in [0.1, 0.15) is 25.3 Å². The largest absolute Gasteiger partial charge is 0.465 e. The number of rotatable bonds is 2. The van der Waals surface area contributed by atoms with E-state index in [9.17, 15) is 10.1 Å². The summed E-state index contributed by atoms with van der Waals surface area (Å²) in [7, 11) is 0. The van der Waals surface area contributed by atoms with Crippen molar-refractivity contribution >= 4 is 11.7 Å². The third-order valence-corrected chi connectivity index (χ3v) is 4.43. The summed E-state index contributed by atoms with van der Waals surface area (Å²) in [5.41, 5.74) is 1.19. The number of carbonyl (C=O) groups is 1. The van der Waals surface area contributed by atoms with Gasteiger partial charge in [-0.15, -0.1) is 0 Å². The number of anilines is 1. The van der Waals surface area contributed by atoms with E-state index in [-0.39, 0.29) is 12.0 Å². The average molecular weight is 270 g/mol. The van der Waals surface area contributed by atoms with Gasteiger partial charge in [-0.05, 0) is 31.4 Å². The maximum absolute atomic E-state index is 12.4. The van der Waals surface area contributed by atoms with Gasteiger partial charge in [-0.3, -0.25) is 4.79 Å². The van der Waals surface area contributed by atoms with Gasteiger partial charge in [0, 0.05) is 18.7 Å². The number of ether oxygens (including phenoxy) is 1. The van der Waals surface area contributed by atoms with Gasteiger partial charge in [-0.25, -0.2) is 0 Å². The van der Waals surface area contributed by atoms with Crippen molar-refractivity contribution in [3.63, 3.8) is 0 Å². The number of hydrogen-bond acceptors (Lipinski definition) is 4. The Hall–Kier alpha value is -2.02. The Bertz CT molecular complexity index is 578. The third-order valence-electron chi connectivity index (χ3n) is 4.43. The van der Waals surface area contributed by atoms with Crippen molar-refractivity contribution in [3.8, 4) is 6.07 Å². The summed E-state index contributed by atoms with van der Waals surface area (Å²) in [5.74, 6) is -0.367. The number of carbonyl (C=O) groups excluding carboxylic acids is 1. The summed E-state index contributed by atoms with van der Waals surface area (Å²) < 4.78 is 5.21. The summed E-state index contributed by atoms with van der Waals surface area (Å²) >= 11 is 0. The molecule has 0 spiro atoms. The molecule has 0 aromatic heterocycles. The highest BCUT2D eigenvalue weighted by Crippen LogP contribution is 2.46. The van der Waals surface area contributed by atoms with Crippen LogP contribution in [0.15, 0.2) is 24.3 Å². The van der Waals surface area contributed by atoms with E-state index >= 15 is 0 Å². The molecule has 0 radical (unpaired) electrons. The van der Waals surface area contributed by atoms with Crippen molar-refractivity contribution in [2.45, 2.75) is 32.2 Å². The lowest BCUT2D eigenvalue weighted by Gasteiger charge is -2.42. The molecule has 20 heavy (non-hydrogen) atoms. The minimum Gasteiger partial charge on any atom is -0.465 e. The van der Waals surface area contributed by atoms with Crippen molar-refractivity contribution < 1.29 is 9.53 Å². The fraction of sp³-hybridized carbons (Fsp3) is 0.500. The Kier molecular flexibility index (Phi) is 3.13. The van der Waals surface area contributed by atoms with Crippen LogP contribution in [-0.2, 0) is 16.0 Å². The molecule has 0 aliphatic carbocycles. The number of esters is 1. The number of hydrogen-bond donors (Lipinski definition) is 0. The van der Waals surface area contributed by atoms with Gasteiger partial charge in [-0.1, -0.05) is 18.2 Å². The highest BCUT2D eigenvalue weighted by atomic mass is 16.5. The Labute approximate surface area is 118 Å². The van der Waals surface area contributed by atoms with Gasteiger partial charge >= 0.3 is 5.97 Å². The van der Waals surface area contributed by atoms with E-state index < -0.39 is 5.41 Å². The number of fused-ring (bicyclic) bond motifs is 3. The van der Waals surface area contributed by atoms with Gasteiger partial charge in [0.15, 0.2) is 5.41 Å². The minimum absolute atomic E-state index is 0.0542. The second-order valence-corrected chi connectivity index (χ2v) is 5.46. The maximum atomic E-state index is 12.4. The molecule has 2 aliphatic rings. The van der Waals surface area contributed by atoms with Gasteiger partial charge in [0.25, 0.3) is 0 Å². The number of nitrogens with zero attached hydrogens (tertiary/aromatic N) is 2. The Morgan fingerprint density at radius 2 is 2.35 bits per heavy atom. The van der Waals surface area contributed by atoms with E-state index in [0.717, 1.165) is 24.9 Å². The zero-order valence-corrected chi connectivity index (χ0v) is 11.6. The summed E-state index contributed by atoms with van der Waals surface area (Å²) in [5, 5.41) is 9.73. The standard InChI is InChI=1S/C16H18N2O2/c1-2-20-15(19)16(11-17)10-12-6-3-4-7-13(12)18-9-5-8-14(16)18/h3-4,6-7,14H,2,5,8-10H2,1H3/t14-,16+/m1/s1. The number of nitriles is 1. The predicted octanol–water partition coefficient (Wildman–Crippen LogP) is 2.28. The molecule has 2 heterocycles. The van der Waals surface area contributed by atoms with Crippen LogP contribution in [0.4, 0.5) is 5.69 Å². The SMILES string of the molecule is CCOC(=O)[C@]1(C#N)Cc2ccccc2N2CCC[C@@H]21. The van der Waals surface area contributed by atoms with Gasteiger partial charge in [-0.2, -0.15) is 5.26 Å². The van der Waals surface area contributed by atoms with Gasteiger partial charge < -0.3 is 9.64 Å². The molecule has 1 fully saturated rings. The van der Waals surface area contributed by atoms with E-state index in [4.69, 9.17) is 4.74 Å². The van der Waals surface area contributed by atoms with Crippen molar-refractivity contribution in [2.24, 2.45) is 5.41 Å². The molecule has 4 heteroatoms.